The van der Waals surface area contributed by atoms with E-state index >= 15 is 0 Å². The van der Waals surface area contributed by atoms with Crippen LogP contribution in [-0.4, -0.2) is 11.6 Å². The molecule has 0 radical (unpaired) electrons. The van der Waals surface area contributed by atoms with Gasteiger partial charge in [0.2, 0.25) is 0 Å². The van der Waals surface area contributed by atoms with Gasteiger partial charge in [-0.25, -0.2) is 0 Å². The van der Waals surface area contributed by atoms with Gasteiger partial charge in [-0.2, -0.15) is 0 Å². The SMILES string of the molecule is CC(=O)CCC(=O)c1cccc(Cl)c1. The summed E-state index contributed by atoms with van der Waals surface area (Å²) in [6.45, 7) is 1.48. The number of carbonyl (C=O) groups excluding carboxylic acids is 2. The first-order valence-corrected chi connectivity index (χ1v) is 4.75. The molecule has 0 aliphatic rings. The molecule has 0 amide bonds. The third-order valence-electron chi connectivity index (χ3n) is 1.85. The van der Waals surface area contributed by atoms with Crippen molar-refractivity contribution in [2.45, 2.75) is 19.8 Å². The molecule has 0 aliphatic carbocycles. The lowest BCUT2D eigenvalue weighted by Gasteiger charge is -1.99. The summed E-state index contributed by atoms with van der Waals surface area (Å²) in [5.41, 5.74) is 0.568. The number of benzene rings is 1. The molecule has 0 atom stereocenters. The summed E-state index contributed by atoms with van der Waals surface area (Å²) in [4.78, 5) is 22.2. The second-order valence-corrected chi connectivity index (χ2v) is 3.57. The summed E-state index contributed by atoms with van der Waals surface area (Å²) >= 11 is 5.73. The number of carbonyl (C=O) groups is 2. The average Bonchev–Trinajstić information content (AvgIpc) is 2.14. The van der Waals surface area contributed by atoms with Crippen LogP contribution in [0, 0.1) is 0 Å². The van der Waals surface area contributed by atoms with Gasteiger partial charge in [-0.1, -0.05) is 23.7 Å². The van der Waals surface area contributed by atoms with Gasteiger partial charge in [0.1, 0.15) is 5.78 Å². The molecule has 1 aromatic carbocycles. The van der Waals surface area contributed by atoms with Crippen molar-refractivity contribution in [3.8, 4) is 0 Å². The Labute approximate surface area is 87.9 Å². The summed E-state index contributed by atoms with van der Waals surface area (Å²) in [6, 6.07) is 6.75. The highest BCUT2D eigenvalue weighted by molar-refractivity contribution is 6.31. The number of hydrogen-bond donors (Lipinski definition) is 0. The molecule has 0 bridgehead atoms. The van der Waals surface area contributed by atoms with Crippen LogP contribution in [0.2, 0.25) is 5.02 Å². The molecule has 3 heteroatoms. The summed E-state index contributed by atoms with van der Waals surface area (Å²) in [6.07, 6.45) is 0.557. The first-order valence-electron chi connectivity index (χ1n) is 4.38. The Morgan fingerprint density at radius 1 is 1.29 bits per heavy atom. The highest BCUT2D eigenvalue weighted by Gasteiger charge is 2.06. The lowest BCUT2D eigenvalue weighted by molar-refractivity contribution is -0.116. The number of hydrogen-bond acceptors (Lipinski definition) is 2. The van der Waals surface area contributed by atoms with E-state index in [0.717, 1.165) is 0 Å². The Hall–Kier alpha value is -1.15. The van der Waals surface area contributed by atoms with Gasteiger partial charge in [0.15, 0.2) is 5.78 Å². The van der Waals surface area contributed by atoms with E-state index < -0.39 is 0 Å². The third kappa shape index (κ3) is 3.30. The van der Waals surface area contributed by atoms with Crippen LogP contribution in [0.15, 0.2) is 24.3 Å². The number of Topliss-reactive ketones (excluding diaryl/α,β-unsaturated/α-hetero) is 2. The molecule has 1 rings (SSSR count). The second kappa shape index (κ2) is 4.91. The van der Waals surface area contributed by atoms with Gasteiger partial charge in [-0.3, -0.25) is 4.79 Å². The van der Waals surface area contributed by atoms with Gasteiger partial charge in [0.05, 0.1) is 0 Å². The van der Waals surface area contributed by atoms with Crippen molar-refractivity contribution in [3.05, 3.63) is 34.9 Å². The molecular formula is C11H11ClO2. The highest BCUT2D eigenvalue weighted by Crippen LogP contribution is 2.12. The van der Waals surface area contributed by atoms with E-state index in [1.165, 1.54) is 6.92 Å². The minimum atomic E-state index is -0.0392. The van der Waals surface area contributed by atoms with Crippen LogP contribution < -0.4 is 0 Å². The van der Waals surface area contributed by atoms with Crippen molar-refractivity contribution in [1.82, 2.24) is 0 Å². The molecule has 0 saturated heterocycles. The van der Waals surface area contributed by atoms with Crippen LogP contribution in [0.1, 0.15) is 30.1 Å². The normalized spacial score (nSPS) is 9.86. The number of rotatable bonds is 4. The Morgan fingerprint density at radius 2 is 2.00 bits per heavy atom. The zero-order valence-corrected chi connectivity index (χ0v) is 8.67. The first-order chi connectivity index (χ1) is 6.59. The van der Waals surface area contributed by atoms with Gasteiger partial charge in [-0.05, 0) is 19.1 Å². The van der Waals surface area contributed by atoms with Crippen molar-refractivity contribution < 1.29 is 9.59 Å². The molecule has 0 unspecified atom stereocenters. The Balaban J connectivity index is 2.65. The number of halogens is 1. The van der Waals surface area contributed by atoms with Crippen LogP contribution in [-0.2, 0) is 4.79 Å². The maximum absolute atomic E-state index is 11.5. The van der Waals surface area contributed by atoms with Crippen LogP contribution in [0.25, 0.3) is 0 Å². The molecule has 0 aliphatic heterocycles. The van der Waals surface area contributed by atoms with E-state index in [2.05, 4.69) is 0 Å². The van der Waals surface area contributed by atoms with Gasteiger partial charge < -0.3 is 4.79 Å². The number of ketones is 2. The Bertz CT molecular complexity index is 358. The van der Waals surface area contributed by atoms with Gasteiger partial charge in [0.25, 0.3) is 0 Å². The molecule has 0 aromatic heterocycles. The maximum Gasteiger partial charge on any atom is 0.163 e. The van der Waals surface area contributed by atoms with Gasteiger partial charge >= 0.3 is 0 Å². The molecule has 1 aromatic rings. The van der Waals surface area contributed by atoms with E-state index in [1.54, 1.807) is 24.3 Å². The Kier molecular flexibility index (Phi) is 3.84. The standard InChI is InChI=1S/C11H11ClO2/c1-8(13)5-6-11(14)9-3-2-4-10(12)7-9/h2-4,7H,5-6H2,1H3. The van der Waals surface area contributed by atoms with Gasteiger partial charge in [-0.15, -0.1) is 0 Å². The average molecular weight is 211 g/mol. The van der Waals surface area contributed by atoms with Crippen molar-refractivity contribution in [2.24, 2.45) is 0 Å². The van der Waals surface area contributed by atoms with E-state index in [-0.39, 0.29) is 18.0 Å². The fraction of sp³-hybridized carbons (Fsp3) is 0.273. The predicted molar refractivity (Wildman–Crippen MR) is 55.7 cm³/mol. The summed E-state index contributed by atoms with van der Waals surface area (Å²) in [5.74, 6) is -0.0110. The van der Waals surface area contributed by atoms with Crippen molar-refractivity contribution in [1.29, 1.82) is 0 Å². The van der Waals surface area contributed by atoms with Crippen LogP contribution in [0.4, 0.5) is 0 Å². The van der Waals surface area contributed by atoms with Crippen LogP contribution in [0.5, 0.6) is 0 Å². The molecule has 0 spiro atoms. The molecule has 0 fully saturated rings. The topological polar surface area (TPSA) is 34.1 Å². The highest BCUT2D eigenvalue weighted by atomic mass is 35.5. The van der Waals surface area contributed by atoms with E-state index in [0.29, 0.717) is 17.0 Å². The Morgan fingerprint density at radius 3 is 2.57 bits per heavy atom. The fourth-order valence-corrected chi connectivity index (χ4v) is 1.29. The quantitative estimate of drug-likeness (QED) is 0.717. The summed E-state index contributed by atoms with van der Waals surface area (Å²) in [7, 11) is 0. The molecule has 0 heterocycles. The van der Waals surface area contributed by atoms with Crippen LogP contribution >= 0.6 is 11.6 Å². The van der Waals surface area contributed by atoms with Crippen molar-refractivity contribution in [3.63, 3.8) is 0 Å². The maximum atomic E-state index is 11.5. The molecule has 2 nitrogen and oxygen atoms in total. The summed E-state index contributed by atoms with van der Waals surface area (Å²) < 4.78 is 0. The fourth-order valence-electron chi connectivity index (χ4n) is 1.10. The molecule has 74 valence electrons. The minimum absolute atomic E-state index is 0.0281. The summed E-state index contributed by atoms with van der Waals surface area (Å²) in [5, 5.41) is 0.540. The lowest BCUT2D eigenvalue weighted by Crippen LogP contribution is -2.01. The zero-order chi connectivity index (χ0) is 10.6. The minimum Gasteiger partial charge on any atom is -0.300 e. The largest absolute Gasteiger partial charge is 0.300 e. The van der Waals surface area contributed by atoms with Crippen LogP contribution in [0.3, 0.4) is 0 Å². The van der Waals surface area contributed by atoms with E-state index in [4.69, 9.17) is 11.6 Å². The molecule has 0 saturated carbocycles. The van der Waals surface area contributed by atoms with Gasteiger partial charge in [0, 0.05) is 23.4 Å². The monoisotopic (exact) mass is 210 g/mol. The third-order valence-corrected chi connectivity index (χ3v) is 2.09. The molecule has 14 heavy (non-hydrogen) atoms. The van der Waals surface area contributed by atoms with Crippen molar-refractivity contribution >= 4 is 23.2 Å². The van der Waals surface area contributed by atoms with E-state index in [9.17, 15) is 9.59 Å². The van der Waals surface area contributed by atoms with E-state index in [1.807, 2.05) is 0 Å². The second-order valence-electron chi connectivity index (χ2n) is 3.14. The zero-order valence-electron chi connectivity index (χ0n) is 7.92. The molecule has 0 N–H and O–H groups in total. The lowest BCUT2D eigenvalue weighted by atomic mass is 10.1. The predicted octanol–water partition coefficient (Wildman–Crippen LogP) is 2.89. The smallest absolute Gasteiger partial charge is 0.163 e. The van der Waals surface area contributed by atoms with Crippen molar-refractivity contribution in [2.75, 3.05) is 0 Å². The first kappa shape index (κ1) is 10.9. The molecular weight excluding hydrogens is 200 g/mol.